The van der Waals surface area contributed by atoms with Gasteiger partial charge in [0, 0.05) is 12.0 Å². The molecule has 0 aromatic heterocycles. The molecule has 6 nitrogen and oxygen atoms in total. The highest BCUT2D eigenvalue weighted by atomic mass is 32.2. The molecule has 2 aromatic rings. The molecular formula is C21H25NO5S. The summed E-state index contributed by atoms with van der Waals surface area (Å²) in [6.07, 6.45) is 0.485. The Hall–Kier alpha value is -2.38. The van der Waals surface area contributed by atoms with Crippen LogP contribution in [0.2, 0.25) is 0 Å². The number of methoxy groups -OCH3 is 1. The van der Waals surface area contributed by atoms with E-state index < -0.39 is 27.6 Å². The molecule has 0 fully saturated rings. The van der Waals surface area contributed by atoms with Crippen LogP contribution in [0.1, 0.15) is 53.4 Å². The molecule has 1 atom stereocenters. The third kappa shape index (κ3) is 4.05. The van der Waals surface area contributed by atoms with E-state index in [0.29, 0.717) is 17.7 Å². The minimum atomic E-state index is -3.86. The number of hydrogen-bond donors (Lipinski definition) is 1. The highest BCUT2D eigenvalue weighted by molar-refractivity contribution is 7.89. The van der Waals surface area contributed by atoms with Gasteiger partial charge in [-0.15, -0.1) is 0 Å². The van der Waals surface area contributed by atoms with Crippen LogP contribution in [0.3, 0.4) is 0 Å². The first-order chi connectivity index (χ1) is 13.0. The van der Waals surface area contributed by atoms with Crippen molar-refractivity contribution in [3.05, 3.63) is 58.7 Å². The van der Waals surface area contributed by atoms with Gasteiger partial charge in [-0.3, -0.25) is 0 Å². The predicted octanol–water partition coefficient (Wildman–Crippen LogP) is 3.67. The van der Waals surface area contributed by atoms with Crippen LogP contribution in [0.15, 0.2) is 41.3 Å². The number of fused-ring (bicyclic) bond motifs is 1. The largest absolute Gasteiger partial charge is 0.487 e. The number of nitrogens with one attached hydrogen (secondary N) is 1. The second-order valence-electron chi connectivity index (χ2n) is 7.75. The highest BCUT2D eigenvalue weighted by Crippen LogP contribution is 2.40. The number of rotatable bonds is 4. The molecule has 28 heavy (non-hydrogen) atoms. The maximum Gasteiger partial charge on any atom is 0.338 e. The Bertz CT molecular complexity index is 1030. The zero-order valence-electron chi connectivity index (χ0n) is 16.7. The fraction of sp³-hybridized carbons (Fsp3) is 0.381. The predicted molar refractivity (Wildman–Crippen MR) is 106 cm³/mol. The normalized spacial score (nSPS) is 18.1. The van der Waals surface area contributed by atoms with Gasteiger partial charge in [0.15, 0.2) is 0 Å². The average Bonchev–Trinajstić information content (AvgIpc) is 2.61. The fourth-order valence-corrected chi connectivity index (χ4v) is 4.67. The third-order valence-corrected chi connectivity index (χ3v) is 6.31. The molecular weight excluding hydrogens is 378 g/mol. The summed E-state index contributed by atoms with van der Waals surface area (Å²) >= 11 is 0. The quantitative estimate of drug-likeness (QED) is 0.788. The third-order valence-electron chi connectivity index (χ3n) is 4.84. The lowest BCUT2D eigenvalue weighted by atomic mass is 9.89. The van der Waals surface area contributed by atoms with Crippen LogP contribution in [0.25, 0.3) is 0 Å². The molecule has 0 bridgehead atoms. The number of esters is 1. The second-order valence-corrected chi connectivity index (χ2v) is 9.46. The molecule has 3 rings (SSSR count). The monoisotopic (exact) mass is 403 g/mol. The van der Waals surface area contributed by atoms with E-state index in [1.54, 1.807) is 13.0 Å². The summed E-state index contributed by atoms with van der Waals surface area (Å²) in [5, 5.41) is 0. The topological polar surface area (TPSA) is 81.7 Å². The van der Waals surface area contributed by atoms with Crippen molar-refractivity contribution in [2.24, 2.45) is 0 Å². The smallest absolute Gasteiger partial charge is 0.338 e. The average molecular weight is 404 g/mol. The van der Waals surface area contributed by atoms with Crippen LogP contribution in [0.4, 0.5) is 0 Å². The Balaban J connectivity index is 1.99. The molecule has 0 saturated carbocycles. The van der Waals surface area contributed by atoms with E-state index in [2.05, 4.69) is 4.72 Å². The number of carbonyl (C=O) groups excluding carboxylic acids is 1. The summed E-state index contributed by atoms with van der Waals surface area (Å²) in [7, 11) is -2.59. The van der Waals surface area contributed by atoms with Crippen molar-refractivity contribution in [3.8, 4) is 5.75 Å². The summed E-state index contributed by atoms with van der Waals surface area (Å²) < 4.78 is 39.7. The van der Waals surface area contributed by atoms with Gasteiger partial charge in [-0.1, -0.05) is 23.8 Å². The van der Waals surface area contributed by atoms with Gasteiger partial charge in [0.05, 0.1) is 23.6 Å². The minimum Gasteiger partial charge on any atom is -0.487 e. The van der Waals surface area contributed by atoms with Crippen LogP contribution < -0.4 is 9.46 Å². The molecule has 0 spiro atoms. The first-order valence-electron chi connectivity index (χ1n) is 9.03. The molecule has 150 valence electrons. The molecule has 1 aliphatic heterocycles. The maximum atomic E-state index is 13.1. The van der Waals surface area contributed by atoms with E-state index in [9.17, 15) is 13.2 Å². The lowest BCUT2D eigenvalue weighted by molar-refractivity contribution is 0.0599. The number of benzene rings is 2. The van der Waals surface area contributed by atoms with Crippen LogP contribution in [-0.4, -0.2) is 27.1 Å². The Labute approximate surface area is 165 Å². The Kier molecular flexibility index (Phi) is 5.25. The van der Waals surface area contributed by atoms with E-state index in [4.69, 9.17) is 9.47 Å². The molecule has 1 unspecified atom stereocenters. The summed E-state index contributed by atoms with van der Waals surface area (Å²) in [6, 6.07) is 9.76. The number of ether oxygens (including phenoxy) is 2. The zero-order valence-corrected chi connectivity index (χ0v) is 17.5. The molecule has 0 radical (unpaired) electrons. The molecule has 0 aliphatic carbocycles. The summed E-state index contributed by atoms with van der Waals surface area (Å²) in [4.78, 5) is 12.0. The number of carbonyl (C=O) groups is 1. The van der Waals surface area contributed by atoms with E-state index in [0.717, 1.165) is 11.1 Å². The van der Waals surface area contributed by atoms with Crippen molar-refractivity contribution >= 4 is 16.0 Å². The van der Waals surface area contributed by atoms with Gasteiger partial charge in [0.2, 0.25) is 10.0 Å². The van der Waals surface area contributed by atoms with Crippen molar-refractivity contribution in [1.29, 1.82) is 0 Å². The molecule has 0 saturated heterocycles. The number of hydrogen-bond acceptors (Lipinski definition) is 5. The van der Waals surface area contributed by atoms with Crippen molar-refractivity contribution in [1.82, 2.24) is 4.72 Å². The molecule has 7 heteroatoms. The molecule has 2 aromatic carbocycles. The number of aryl methyl sites for hydroxylation is 2. The first kappa shape index (κ1) is 20.4. The van der Waals surface area contributed by atoms with Crippen molar-refractivity contribution in [3.63, 3.8) is 0 Å². The van der Waals surface area contributed by atoms with Gasteiger partial charge in [0.25, 0.3) is 0 Å². The Morgan fingerprint density at radius 3 is 2.57 bits per heavy atom. The Morgan fingerprint density at radius 1 is 1.18 bits per heavy atom. The van der Waals surface area contributed by atoms with Crippen LogP contribution in [0.5, 0.6) is 5.75 Å². The minimum absolute atomic E-state index is 0.0250. The first-order valence-corrected chi connectivity index (χ1v) is 10.5. The molecule has 0 amide bonds. The lowest BCUT2D eigenvalue weighted by Crippen LogP contribution is -2.41. The van der Waals surface area contributed by atoms with Crippen LogP contribution >= 0.6 is 0 Å². The molecule has 1 heterocycles. The standard InChI is InChI=1S/C21H25NO5S/c1-13-6-9-19-17(10-13)18(12-21(3,4)27-19)22-28(24,25)15-8-7-14(2)16(11-15)20(23)26-5/h6-11,18,22H,12H2,1-5H3. The van der Waals surface area contributed by atoms with E-state index in [1.807, 2.05) is 39.0 Å². The van der Waals surface area contributed by atoms with E-state index in [-0.39, 0.29) is 10.5 Å². The van der Waals surface area contributed by atoms with E-state index >= 15 is 0 Å². The Morgan fingerprint density at radius 2 is 1.89 bits per heavy atom. The second kappa shape index (κ2) is 7.22. The lowest BCUT2D eigenvalue weighted by Gasteiger charge is -2.38. The van der Waals surface area contributed by atoms with Gasteiger partial charge >= 0.3 is 5.97 Å². The molecule has 1 N–H and O–H groups in total. The van der Waals surface area contributed by atoms with Crippen molar-refractivity contribution in [2.75, 3.05) is 7.11 Å². The highest BCUT2D eigenvalue weighted by Gasteiger charge is 2.36. The van der Waals surface area contributed by atoms with Crippen molar-refractivity contribution < 1.29 is 22.7 Å². The maximum absolute atomic E-state index is 13.1. The van der Waals surface area contributed by atoms with Crippen LogP contribution in [-0.2, 0) is 14.8 Å². The number of sulfonamides is 1. The van der Waals surface area contributed by atoms with Gasteiger partial charge in [-0.25, -0.2) is 17.9 Å². The van der Waals surface area contributed by atoms with Crippen LogP contribution in [0, 0.1) is 13.8 Å². The fourth-order valence-electron chi connectivity index (χ4n) is 3.43. The summed E-state index contributed by atoms with van der Waals surface area (Å²) in [6.45, 7) is 7.54. The zero-order chi connectivity index (χ0) is 20.7. The van der Waals surface area contributed by atoms with Gasteiger partial charge in [-0.2, -0.15) is 0 Å². The van der Waals surface area contributed by atoms with E-state index in [1.165, 1.54) is 19.2 Å². The van der Waals surface area contributed by atoms with Gasteiger partial charge < -0.3 is 9.47 Å². The summed E-state index contributed by atoms with van der Waals surface area (Å²) in [5.74, 6) is 0.108. The molecule has 1 aliphatic rings. The van der Waals surface area contributed by atoms with Gasteiger partial charge in [-0.05, 0) is 51.5 Å². The van der Waals surface area contributed by atoms with Gasteiger partial charge in [0.1, 0.15) is 11.4 Å². The SMILES string of the molecule is COC(=O)c1cc(S(=O)(=O)NC2CC(C)(C)Oc3ccc(C)cc32)ccc1C. The summed E-state index contributed by atoms with van der Waals surface area (Å²) in [5.41, 5.74) is 2.20. The van der Waals surface area contributed by atoms with Crippen molar-refractivity contribution in [2.45, 2.75) is 50.7 Å².